The predicted octanol–water partition coefficient (Wildman–Crippen LogP) is 7.89. The number of fused-ring (bicyclic) bond motifs is 1. The molecule has 4 nitrogen and oxygen atoms in total. The molecule has 1 saturated heterocycles. The zero-order valence-corrected chi connectivity index (χ0v) is 21.4. The second kappa shape index (κ2) is 10.00. The summed E-state index contributed by atoms with van der Waals surface area (Å²) in [5, 5.41) is 2.65. The first-order chi connectivity index (χ1) is 17.7. The molecular formula is C30H26ClN3OS. The maximum Gasteiger partial charge on any atom is 0.267 e. The molecule has 1 saturated carbocycles. The van der Waals surface area contributed by atoms with Gasteiger partial charge in [-0.2, -0.15) is 0 Å². The van der Waals surface area contributed by atoms with Crippen LogP contribution < -0.4 is 0 Å². The van der Waals surface area contributed by atoms with Gasteiger partial charge in [0, 0.05) is 40.3 Å². The van der Waals surface area contributed by atoms with Gasteiger partial charge in [-0.15, -0.1) is 0 Å². The van der Waals surface area contributed by atoms with Crippen molar-refractivity contribution in [2.45, 2.75) is 38.3 Å². The first-order valence-electron chi connectivity index (χ1n) is 12.4. The van der Waals surface area contributed by atoms with E-state index in [1.807, 2.05) is 71.6 Å². The summed E-state index contributed by atoms with van der Waals surface area (Å²) in [7, 11) is 0. The Morgan fingerprint density at radius 3 is 2.47 bits per heavy atom. The standard InChI is InChI=1S/C30H26ClN3OS/c31-26-16-8-4-10-21(26)19-33-20-22(25-15-7-9-17-27(25)33)18-28-29(35)34(24-13-5-6-14-24)30(36-28)32-23-11-2-1-3-12-23/h1-4,7-12,15-18,20,24H,5-6,13-14,19H2/b28-18+,32-30?. The van der Waals surface area contributed by atoms with Crippen molar-refractivity contribution in [1.29, 1.82) is 0 Å². The van der Waals surface area contributed by atoms with Crippen LogP contribution in [0.5, 0.6) is 0 Å². The Kier molecular flexibility index (Phi) is 6.43. The average Bonchev–Trinajstić information content (AvgIpc) is 3.61. The van der Waals surface area contributed by atoms with E-state index in [2.05, 4.69) is 29.0 Å². The monoisotopic (exact) mass is 511 g/mol. The molecule has 2 aliphatic rings. The number of para-hydroxylation sites is 2. The number of carbonyl (C=O) groups excluding carboxylic acids is 1. The van der Waals surface area contributed by atoms with E-state index in [0.29, 0.717) is 6.54 Å². The van der Waals surface area contributed by atoms with Crippen LogP contribution in [0, 0.1) is 0 Å². The largest absolute Gasteiger partial charge is 0.342 e. The Labute approximate surface area is 220 Å². The quantitative estimate of drug-likeness (QED) is 0.255. The molecule has 1 aliphatic carbocycles. The summed E-state index contributed by atoms with van der Waals surface area (Å²) >= 11 is 7.94. The summed E-state index contributed by atoms with van der Waals surface area (Å²) in [6.07, 6.45) is 8.54. The first-order valence-corrected chi connectivity index (χ1v) is 13.5. The van der Waals surface area contributed by atoms with Crippen LogP contribution in [0.1, 0.15) is 36.8 Å². The number of nitrogens with zero attached hydrogens (tertiary/aromatic N) is 3. The summed E-state index contributed by atoms with van der Waals surface area (Å²) in [5.41, 5.74) is 4.08. The van der Waals surface area contributed by atoms with Crippen molar-refractivity contribution in [2.24, 2.45) is 4.99 Å². The summed E-state index contributed by atoms with van der Waals surface area (Å²) in [4.78, 5) is 21.3. The molecular weight excluding hydrogens is 486 g/mol. The van der Waals surface area contributed by atoms with Crippen LogP contribution in [-0.2, 0) is 11.3 Å². The number of hydrogen-bond donors (Lipinski definition) is 0. The Hall–Kier alpha value is -3.28. The lowest BCUT2D eigenvalue weighted by molar-refractivity contribution is -0.123. The molecule has 0 spiro atoms. The lowest BCUT2D eigenvalue weighted by Crippen LogP contribution is -2.37. The highest BCUT2D eigenvalue weighted by Gasteiger charge is 2.39. The smallest absolute Gasteiger partial charge is 0.267 e. The van der Waals surface area contributed by atoms with Gasteiger partial charge in [-0.05, 0) is 60.5 Å². The van der Waals surface area contributed by atoms with Gasteiger partial charge in [0.1, 0.15) is 0 Å². The predicted molar refractivity (Wildman–Crippen MR) is 151 cm³/mol. The highest BCUT2D eigenvalue weighted by Crippen LogP contribution is 2.39. The molecule has 6 heteroatoms. The van der Waals surface area contributed by atoms with Gasteiger partial charge < -0.3 is 4.57 Å². The second-order valence-corrected chi connectivity index (χ2v) is 10.7. The minimum Gasteiger partial charge on any atom is -0.342 e. The molecule has 2 heterocycles. The fourth-order valence-corrected chi connectivity index (χ4v) is 6.38. The molecule has 0 bridgehead atoms. The number of hydrogen-bond acceptors (Lipinski definition) is 3. The van der Waals surface area contributed by atoms with E-state index in [-0.39, 0.29) is 11.9 Å². The van der Waals surface area contributed by atoms with Crippen molar-refractivity contribution in [1.82, 2.24) is 9.47 Å². The Bertz CT molecular complexity index is 1480. The van der Waals surface area contributed by atoms with Gasteiger partial charge in [0.25, 0.3) is 5.91 Å². The molecule has 0 N–H and O–H groups in total. The minimum absolute atomic E-state index is 0.0597. The van der Waals surface area contributed by atoms with Gasteiger partial charge in [0.05, 0.1) is 10.6 Å². The fourth-order valence-electron chi connectivity index (χ4n) is 5.13. The maximum absolute atomic E-state index is 13.7. The molecule has 6 rings (SSSR count). The van der Waals surface area contributed by atoms with E-state index in [0.717, 1.165) is 68.5 Å². The van der Waals surface area contributed by atoms with Crippen molar-refractivity contribution in [3.8, 4) is 0 Å². The van der Waals surface area contributed by atoms with Crippen molar-refractivity contribution < 1.29 is 4.79 Å². The first kappa shape index (κ1) is 23.1. The molecule has 2 fully saturated rings. The number of rotatable bonds is 5. The summed E-state index contributed by atoms with van der Waals surface area (Å²) < 4.78 is 2.21. The molecule has 1 aliphatic heterocycles. The third-order valence-electron chi connectivity index (χ3n) is 6.91. The lowest BCUT2D eigenvalue weighted by atomic mass is 10.1. The number of carbonyl (C=O) groups is 1. The van der Waals surface area contributed by atoms with Gasteiger partial charge in [-0.1, -0.05) is 79.0 Å². The highest BCUT2D eigenvalue weighted by atomic mass is 35.5. The van der Waals surface area contributed by atoms with Crippen molar-refractivity contribution >= 4 is 57.1 Å². The number of thioether (sulfide) groups is 1. The van der Waals surface area contributed by atoms with Crippen LogP contribution in [0.3, 0.4) is 0 Å². The molecule has 0 atom stereocenters. The second-order valence-electron chi connectivity index (χ2n) is 9.27. The normalized spacial score (nSPS) is 18.8. The molecule has 180 valence electrons. The van der Waals surface area contributed by atoms with Crippen LogP contribution in [0.4, 0.5) is 5.69 Å². The zero-order valence-electron chi connectivity index (χ0n) is 19.8. The molecule has 1 aromatic heterocycles. The van der Waals surface area contributed by atoms with Gasteiger partial charge in [0.2, 0.25) is 0 Å². The van der Waals surface area contributed by atoms with Crippen molar-refractivity contribution in [2.75, 3.05) is 0 Å². The van der Waals surface area contributed by atoms with E-state index in [1.54, 1.807) is 0 Å². The number of amides is 1. The topological polar surface area (TPSA) is 37.6 Å². The molecule has 0 radical (unpaired) electrons. The van der Waals surface area contributed by atoms with Gasteiger partial charge in [0.15, 0.2) is 5.17 Å². The van der Waals surface area contributed by atoms with E-state index >= 15 is 0 Å². The summed E-state index contributed by atoms with van der Waals surface area (Å²) in [5.74, 6) is 0.0597. The highest BCUT2D eigenvalue weighted by molar-refractivity contribution is 8.18. The van der Waals surface area contributed by atoms with E-state index in [1.165, 1.54) is 11.8 Å². The van der Waals surface area contributed by atoms with E-state index < -0.39 is 0 Å². The number of aromatic nitrogens is 1. The van der Waals surface area contributed by atoms with Crippen LogP contribution in [0.15, 0.2) is 95.0 Å². The van der Waals surface area contributed by atoms with Gasteiger partial charge in [-0.25, -0.2) is 4.99 Å². The minimum atomic E-state index is 0.0597. The molecule has 1 amide bonds. The van der Waals surface area contributed by atoms with E-state index in [9.17, 15) is 4.79 Å². The van der Waals surface area contributed by atoms with Gasteiger partial charge >= 0.3 is 0 Å². The SMILES string of the molecule is O=C1/C(=C\c2cn(Cc3ccccc3Cl)c3ccccc23)SC(=Nc2ccccc2)N1C1CCCC1. The lowest BCUT2D eigenvalue weighted by Gasteiger charge is -2.22. The Morgan fingerprint density at radius 2 is 1.67 bits per heavy atom. The Morgan fingerprint density at radius 1 is 0.944 bits per heavy atom. The number of halogens is 1. The molecule has 0 unspecified atom stereocenters. The maximum atomic E-state index is 13.7. The third kappa shape index (κ3) is 4.49. The molecule has 3 aromatic carbocycles. The summed E-state index contributed by atoms with van der Waals surface area (Å²) in [6, 6.07) is 26.4. The molecule has 4 aromatic rings. The van der Waals surface area contributed by atoms with Crippen LogP contribution in [0.2, 0.25) is 5.02 Å². The van der Waals surface area contributed by atoms with Crippen LogP contribution in [-0.4, -0.2) is 26.6 Å². The van der Waals surface area contributed by atoms with E-state index in [4.69, 9.17) is 16.6 Å². The number of amidine groups is 1. The third-order valence-corrected chi connectivity index (χ3v) is 8.26. The summed E-state index contributed by atoms with van der Waals surface area (Å²) in [6.45, 7) is 0.666. The Balaban J connectivity index is 1.39. The van der Waals surface area contributed by atoms with Gasteiger partial charge in [-0.3, -0.25) is 9.69 Å². The number of aliphatic imine (C=N–C) groups is 1. The fraction of sp³-hybridized carbons (Fsp3) is 0.200. The van der Waals surface area contributed by atoms with Crippen molar-refractivity contribution in [3.63, 3.8) is 0 Å². The average molecular weight is 512 g/mol. The zero-order chi connectivity index (χ0) is 24.5. The molecule has 36 heavy (non-hydrogen) atoms. The van der Waals surface area contributed by atoms with Crippen LogP contribution >= 0.6 is 23.4 Å². The number of benzene rings is 3. The van der Waals surface area contributed by atoms with Crippen LogP contribution in [0.25, 0.3) is 17.0 Å². The van der Waals surface area contributed by atoms with Crippen molar-refractivity contribution in [3.05, 3.63) is 106 Å².